The minimum absolute atomic E-state index is 0.0282. The van der Waals surface area contributed by atoms with E-state index in [1.165, 1.54) is 0 Å². The van der Waals surface area contributed by atoms with Gasteiger partial charge >= 0.3 is 0 Å². The maximum atomic E-state index is 13.6. The Balaban J connectivity index is 2.13. The number of benzene rings is 1. The maximum absolute atomic E-state index is 13.6. The topological polar surface area (TPSA) is 43.4 Å². The summed E-state index contributed by atoms with van der Waals surface area (Å²) in [7, 11) is 1.56. The molecule has 4 nitrogen and oxygen atoms in total. The lowest BCUT2D eigenvalue weighted by molar-refractivity contribution is 0.275. The first-order valence-corrected chi connectivity index (χ1v) is 6.49. The second-order valence-corrected chi connectivity index (χ2v) is 4.28. The van der Waals surface area contributed by atoms with Crippen molar-refractivity contribution in [3.05, 3.63) is 47.5 Å². The molecular weight excluding hydrogens is 278 g/mol. The summed E-state index contributed by atoms with van der Waals surface area (Å²) in [5, 5.41) is 2.71. The van der Waals surface area contributed by atoms with Gasteiger partial charge < -0.3 is 14.8 Å². The van der Waals surface area contributed by atoms with Crippen molar-refractivity contribution < 1.29 is 18.3 Å². The predicted octanol–water partition coefficient (Wildman–Crippen LogP) is 3.38. The van der Waals surface area contributed by atoms with E-state index >= 15 is 0 Å². The monoisotopic (exact) mass is 294 g/mol. The fourth-order valence-corrected chi connectivity index (χ4v) is 1.76. The summed E-state index contributed by atoms with van der Waals surface area (Å²) in [5.74, 6) is -1.17. The number of anilines is 1. The number of halogens is 2. The summed E-state index contributed by atoms with van der Waals surface area (Å²) in [6, 6.07) is 7.94. The zero-order chi connectivity index (χ0) is 15.2. The Hall–Kier alpha value is -2.37. The van der Waals surface area contributed by atoms with E-state index in [2.05, 4.69) is 10.3 Å². The van der Waals surface area contributed by atoms with Gasteiger partial charge in [-0.15, -0.1) is 0 Å². The molecule has 2 aromatic rings. The molecule has 0 fully saturated rings. The molecular formula is C15H16F2N2O2. The first-order chi connectivity index (χ1) is 10.1. The van der Waals surface area contributed by atoms with Crippen LogP contribution in [0.3, 0.4) is 0 Å². The van der Waals surface area contributed by atoms with Crippen molar-refractivity contribution in [3.63, 3.8) is 0 Å². The van der Waals surface area contributed by atoms with Crippen LogP contribution < -0.4 is 14.8 Å². The average molecular weight is 294 g/mol. The number of hydrogen-bond donors (Lipinski definition) is 1. The van der Waals surface area contributed by atoms with Crippen LogP contribution >= 0.6 is 0 Å². The van der Waals surface area contributed by atoms with E-state index in [4.69, 9.17) is 9.47 Å². The normalized spacial score (nSPS) is 10.3. The van der Waals surface area contributed by atoms with Crippen LogP contribution in [0.4, 0.5) is 14.6 Å². The Morgan fingerprint density at radius 3 is 2.71 bits per heavy atom. The van der Waals surface area contributed by atoms with Gasteiger partial charge in [-0.3, -0.25) is 0 Å². The van der Waals surface area contributed by atoms with Gasteiger partial charge in [-0.05, 0) is 24.6 Å². The Labute approximate surface area is 121 Å². The van der Waals surface area contributed by atoms with E-state index < -0.39 is 11.6 Å². The molecule has 0 bridgehead atoms. The molecule has 1 aromatic carbocycles. The Morgan fingerprint density at radius 1 is 1.19 bits per heavy atom. The first-order valence-electron chi connectivity index (χ1n) is 6.49. The lowest BCUT2D eigenvalue weighted by Gasteiger charge is -2.10. The van der Waals surface area contributed by atoms with Gasteiger partial charge in [0.2, 0.25) is 0 Å². The van der Waals surface area contributed by atoms with Gasteiger partial charge in [0.05, 0.1) is 7.11 Å². The molecule has 0 aliphatic heterocycles. The summed E-state index contributed by atoms with van der Waals surface area (Å²) in [6.07, 6.45) is 0. The van der Waals surface area contributed by atoms with Gasteiger partial charge in [0.25, 0.3) is 5.88 Å². The standard InChI is InChI=1S/C15H16F2N2O2/c1-3-18-14-12(16)8-13(17)15(19-14)21-9-10-5-4-6-11(7-10)20-2/h4-8H,3,9H2,1-2H3,(H,18,19). The highest BCUT2D eigenvalue weighted by Gasteiger charge is 2.12. The van der Waals surface area contributed by atoms with Gasteiger partial charge in [-0.2, -0.15) is 4.98 Å². The van der Waals surface area contributed by atoms with Gasteiger partial charge in [-0.25, -0.2) is 8.78 Å². The van der Waals surface area contributed by atoms with Crippen molar-refractivity contribution in [1.82, 2.24) is 4.98 Å². The molecule has 2 rings (SSSR count). The van der Waals surface area contributed by atoms with E-state index in [1.807, 2.05) is 6.07 Å². The zero-order valence-corrected chi connectivity index (χ0v) is 11.8. The number of hydrogen-bond acceptors (Lipinski definition) is 4. The van der Waals surface area contributed by atoms with E-state index in [-0.39, 0.29) is 18.3 Å². The van der Waals surface area contributed by atoms with Crippen LogP contribution in [0, 0.1) is 11.6 Å². The van der Waals surface area contributed by atoms with Crippen LogP contribution in [0.15, 0.2) is 30.3 Å². The predicted molar refractivity (Wildman–Crippen MR) is 75.6 cm³/mol. The molecule has 1 aromatic heterocycles. The van der Waals surface area contributed by atoms with Gasteiger partial charge in [0, 0.05) is 12.6 Å². The number of ether oxygens (including phenoxy) is 2. The lowest BCUT2D eigenvalue weighted by Crippen LogP contribution is -2.06. The maximum Gasteiger partial charge on any atom is 0.252 e. The summed E-state index contributed by atoms with van der Waals surface area (Å²) in [4.78, 5) is 3.80. The molecule has 0 atom stereocenters. The highest BCUT2D eigenvalue weighted by molar-refractivity contribution is 5.39. The molecule has 112 valence electrons. The minimum atomic E-state index is -0.836. The first kappa shape index (κ1) is 15.0. The number of aromatic nitrogens is 1. The molecule has 21 heavy (non-hydrogen) atoms. The highest BCUT2D eigenvalue weighted by Crippen LogP contribution is 2.22. The summed E-state index contributed by atoms with van der Waals surface area (Å²) >= 11 is 0. The molecule has 0 unspecified atom stereocenters. The van der Waals surface area contributed by atoms with E-state index in [0.29, 0.717) is 12.3 Å². The third-order valence-electron chi connectivity index (χ3n) is 2.75. The molecule has 0 aliphatic carbocycles. The summed E-state index contributed by atoms with van der Waals surface area (Å²) in [5.41, 5.74) is 0.796. The van der Waals surface area contributed by atoms with Crippen LogP contribution in [0.1, 0.15) is 12.5 Å². The molecule has 0 amide bonds. The van der Waals surface area contributed by atoms with Crippen LogP contribution in [-0.4, -0.2) is 18.6 Å². The SMILES string of the molecule is CCNc1nc(OCc2cccc(OC)c2)c(F)cc1F. The van der Waals surface area contributed by atoms with Crippen molar-refractivity contribution in [3.8, 4) is 11.6 Å². The second-order valence-electron chi connectivity index (χ2n) is 4.28. The van der Waals surface area contributed by atoms with Crippen LogP contribution in [-0.2, 0) is 6.61 Å². The second kappa shape index (κ2) is 6.88. The largest absolute Gasteiger partial charge is 0.497 e. The molecule has 0 radical (unpaired) electrons. The van der Waals surface area contributed by atoms with Crippen molar-refractivity contribution >= 4 is 5.82 Å². The van der Waals surface area contributed by atoms with Crippen molar-refractivity contribution in [2.24, 2.45) is 0 Å². The fraction of sp³-hybridized carbons (Fsp3) is 0.267. The smallest absolute Gasteiger partial charge is 0.252 e. The third kappa shape index (κ3) is 3.81. The number of rotatable bonds is 6. The highest BCUT2D eigenvalue weighted by atomic mass is 19.1. The quantitative estimate of drug-likeness (QED) is 0.887. The number of pyridine rings is 1. The molecule has 0 saturated carbocycles. The third-order valence-corrected chi connectivity index (χ3v) is 2.75. The molecule has 0 spiro atoms. The van der Waals surface area contributed by atoms with Crippen LogP contribution in [0.25, 0.3) is 0 Å². The van der Waals surface area contributed by atoms with E-state index in [1.54, 1.807) is 32.2 Å². The molecule has 1 heterocycles. The number of nitrogens with one attached hydrogen (secondary N) is 1. The molecule has 0 saturated heterocycles. The molecule has 1 N–H and O–H groups in total. The Bertz CT molecular complexity index is 621. The van der Waals surface area contributed by atoms with Crippen molar-refractivity contribution in [1.29, 1.82) is 0 Å². The van der Waals surface area contributed by atoms with Crippen molar-refractivity contribution in [2.75, 3.05) is 19.0 Å². The Kier molecular flexibility index (Phi) is 4.92. The average Bonchev–Trinajstić information content (AvgIpc) is 2.49. The zero-order valence-electron chi connectivity index (χ0n) is 11.8. The lowest BCUT2D eigenvalue weighted by atomic mass is 10.2. The number of nitrogens with zero attached hydrogens (tertiary/aromatic N) is 1. The van der Waals surface area contributed by atoms with Gasteiger partial charge in [0.1, 0.15) is 12.4 Å². The van der Waals surface area contributed by atoms with Gasteiger partial charge in [-0.1, -0.05) is 12.1 Å². The molecule has 6 heteroatoms. The summed E-state index contributed by atoms with van der Waals surface area (Å²) < 4.78 is 37.5. The van der Waals surface area contributed by atoms with E-state index in [9.17, 15) is 8.78 Å². The minimum Gasteiger partial charge on any atom is -0.497 e. The fourth-order valence-electron chi connectivity index (χ4n) is 1.76. The van der Waals surface area contributed by atoms with Gasteiger partial charge in [0.15, 0.2) is 17.5 Å². The summed E-state index contributed by atoms with van der Waals surface area (Å²) in [6.45, 7) is 2.38. The van der Waals surface area contributed by atoms with Crippen LogP contribution in [0.2, 0.25) is 0 Å². The Morgan fingerprint density at radius 2 is 2.00 bits per heavy atom. The van der Waals surface area contributed by atoms with Crippen LogP contribution in [0.5, 0.6) is 11.6 Å². The number of methoxy groups -OCH3 is 1. The van der Waals surface area contributed by atoms with Crippen molar-refractivity contribution in [2.45, 2.75) is 13.5 Å². The molecule has 0 aliphatic rings. The van der Waals surface area contributed by atoms with E-state index in [0.717, 1.165) is 11.6 Å².